The molecule has 0 unspecified atom stereocenters. The molecule has 2 aromatic heterocycles. The van der Waals surface area contributed by atoms with Crippen LogP contribution in [0.5, 0.6) is 0 Å². The molecule has 1 aliphatic rings. The van der Waals surface area contributed by atoms with Gasteiger partial charge in [-0.15, -0.1) is 5.10 Å². The van der Waals surface area contributed by atoms with Crippen LogP contribution in [0.1, 0.15) is 35.1 Å². The van der Waals surface area contributed by atoms with Gasteiger partial charge in [-0.2, -0.15) is 4.80 Å². The summed E-state index contributed by atoms with van der Waals surface area (Å²) in [6.45, 7) is 3.37. The van der Waals surface area contributed by atoms with Gasteiger partial charge in [0.2, 0.25) is 0 Å². The molecule has 1 aromatic carbocycles. The molecule has 30 heavy (non-hydrogen) atoms. The van der Waals surface area contributed by atoms with Crippen molar-refractivity contribution in [1.29, 1.82) is 0 Å². The van der Waals surface area contributed by atoms with Crippen molar-refractivity contribution in [1.82, 2.24) is 30.2 Å². The SMILES string of the molecule is CC1=C(c2cnc(CC(=O)c3c(F)cccc3F)cn2)CN(c2nnn(C)n2)CC1. The molecule has 0 N–H and O–H groups in total. The fourth-order valence-corrected chi connectivity index (χ4v) is 3.35. The fourth-order valence-electron chi connectivity index (χ4n) is 3.35. The van der Waals surface area contributed by atoms with E-state index in [9.17, 15) is 13.6 Å². The molecule has 0 atom stereocenters. The number of nitrogens with zero attached hydrogens (tertiary/aromatic N) is 7. The maximum Gasteiger partial charge on any atom is 0.266 e. The Hall–Kier alpha value is -3.56. The van der Waals surface area contributed by atoms with Crippen LogP contribution in [0.15, 0.2) is 36.2 Å². The lowest BCUT2D eigenvalue weighted by Gasteiger charge is -2.28. The Bertz CT molecular complexity index is 1100. The number of benzene rings is 1. The van der Waals surface area contributed by atoms with Gasteiger partial charge in [0.05, 0.1) is 36.6 Å². The lowest BCUT2D eigenvalue weighted by molar-refractivity contribution is 0.0983. The first-order chi connectivity index (χ1) is 14.4. The number of carbonyl (C=O) groups is 1. The lowest BCUT2D eigenvalue weighted by Crippen LogP contribution is -2.32. The highest BCUT2D eigenvalue weighted by Gasteiger charge is 2.23. The minimum Gasteiger partial charge on any atom is -0.333 e. The van der Waals surface area contributed by atoms with Crippen LogP contribution in [0.2, 0.25) is 0 Å². The normalized spacial score (nSPS) is 14.3. The van der Waals surface area contributed by atoms with Crippen molar-refractivity contribution in [2.45, 2.75) is 19.8 Å². The van der Waals surface area contributed by atoms with Crippen LogP contribution < -0.4 is 4.90 Å². The van der Waals surface area contributed by atoms with Gasteiger partial charge in [0, 0.05) is 19.3 Å². The number of tetrazole rings is 1. The van der Waals surface area contributed by atoms with Crippen molar-refractivity contribution in [3.05, 3.63) is 64.8 Å². The number of aryl methyl sites for hydroxylation is 1. The topological polar surface area (TPSA) is 89.7 Å². The van der Waals surface area contributed by atoms with Crippen LogP contribution in [0.4, 0.5) is 14.7 Å². The molecule has 0 saturated carbocycles. The summed E-state index contributed by atoms with van der Waals surface area (Å²) < 4.78 is 27.6. The highest BCUT2D eigenvalue weighted by atomic mass is 19.1. The number of rotatable bonds is 5. The molecule has 0 saturated heterocycles. The van der Waals surface area contributed by atoms with Crippen LogP contribution >= 0.6 is 0 Å². The molecule has 10 heteroatoms. The Balaban J connectivity index is 1.51. The first-order valence-electron chi connectivity index (χ1n) is 9.38. The lowest BCUT2D eigenvalue weighted by atomic mass is 9.99. The molecule has 3 aromatic rings. The third kappa shape index (κ3) is 3.93. The largest absolute Gasteiger partial charge is 0.333 e. The van der Waals surface area contributed by atoms with Crippen LogP contribution in [-0.2, 0) is 13.5 Å². The van der Waals surface area contributed by atoms with Gasteiger partial charge in [0.15, 0.2) is 5.78 Å². The Morgan fingerprint density at radius 2 is 1.93 bits per heavy atom. The van der Waals surface area contributed by atoms with Gasteiger partial charge in [0.1, 0.15) is 11.6 Å². The van der Waals surface area contributed by atoms with Crippen molar-refractivity contribution in [3.63, 3.8) is 0 Å². The van der Waals surface area contributed by atoms with Crippen LogP contribution in [0.3, 0.4) is 0 Å². The summed E-state index contributed by atoms with van der Waals surface area (Å²) in [6.07, 6.45) is 3.62. The average Bonchev–Trinajstić information content (AvgIpc) is 3.15. The van der Waals surface area contributed by atoms with E-state index in [1.54, 1.807) is 13.2 Å². The molecular weight excluding hydrogens is 392 g/mol. The van der Waals surface area contributed by atoms with Crippen molar-refractivity contribution < 1.29 is 13.6 Å². The molecule has 1 aliphatic heterocycles. The minimum absolute atomic E-state index is 0.237. The van der Waals surface area contributed by atoms with E-state index >= 15 is 0 Å². The monoisotopic (exact) mass is 411 g/mol. The molecule has 0 spiro atoms. The smallest absolute Gasteiger partial charge is 0.266 e. The summed E-state index contributed by atoms with van der Waals surface area (Å²) in [7, 11) is 1.71. The second kappa shape index (κ2) is 8.05. The molecule has 0 amide bonds. The van der Waals surface area contributed by atoms with Gasteiger partial charge in [-0.1, -0.05) is 16.7 Å². The number of ketones is 1. The molecule has 154 valence electrons. The summed E-state index contributed by atoms with van der Waals surface area (Å²) >= 11 is 0. The molecule has 0 bridgehead atoms. The van der Waals surface area contributed by atoms with E-state index in [0.29, 0.717) is 23.9 Å². The molecule has 3 heterocycles. The number of halogens is 2. The summed E-state index contributed by atoms with van der Waals surface area (Å²) in [5.41, 5.74) is 2.64. The Morgan fingerprint density at radius 3 is 2.57 bits per heavy atom. The van der Waals surface area contributed by atoms with Gasteiger partial charge in [-0.3, -0.25) is 14.8 Å². The van der Waals surface area contributed by atoms with Crippen LogP contribution in [0, 0.1) is 11.6 Å². The maximum atomic E-state index is 13.8. The van der Waals surface area contributed by atoms with E-state index < -0.39 is 23.0 Å². The predicted molar refractivity (Wildman–Crippen MR) is 105 cm³/mol. The minimum atomic E-state index is -0.884. The fraction of sp³-hybridized carbons (Fsp3) is 0.300. The Morgan fingerprint density at radius 1 is 1.17 bits per heavy atom. The first-order valence-corrected chi connectivity index (χ1v) is 9.38. The zero-order valence-electron chi connectivity index (χ0n) is 16.5. The quantitative estimate of drug-likeness (QED) is 0.596. The molecule has 4 rings (SSSR count). The van der Waals surface area contributed by atoms with Crippen LogP contribution in [-0.4, -0.2) is 49.0 Å². The first kappa shape index (κ1) is 19.7. The number of hydrogen-bond acceptors (Lipinski definition) is 7. The summed E-state index contributed by atoms with van der Waals surface area (Å²) in [5, 5.41) is 12.2. The molecular formula is C20H19F2N7O. The Labute approximate surface area is 171 Å². The van der Waals surface area contributed by atoms with E-state index in [0.717, 1.165) is 30.7 Å². The highest BCUT2D eigenvalue weighted by Crippen LogP contribution is 2.26. The van der Waals surface area contributed by atoms with Gasteiger partial charge in [0.25, 0.3) is 5.95 Å². The van der Waals surface area contributed by atoms with E-state index in [4.69, 9.17) is 0 Å². The van der Waals surface area contributed by atoms with Crippen LogP contribution in [0.25, 0.3) is 5.57 Å². The average molecular weight is 411 g/mol. The van der Waals surface area contributed by atoms with E-state index in [1.807, 2.05) is 11.8 Å². The number of anilines is 1. The molecule has 8 nitrogen and oxygen atoms in total. The standard InChI is InChI=1S/C20H19F2N7O/c1-12-6-7-29(20-25-27-28(2)26-20)11-14(12)17-10-23-13(9-24-17)8-18(30)19-15(21)4-3-5-16(19)22/h3-5,9-10H,6-8,11H2,1-2H3. The number of hydrogen-bond donors (Lipinski definition) is 0. The number of Topliss-reactive ketones (excluding diaryl/α,β-unsaturated/α-hetero) is 1. The van der Waals surface area contributed by atoms with Gasteiger partial charge in [-0.25, -0.2) is 8.78 Å². The van der Waals surface area contributed by atoms with E-state index in [1.165, 1.54) is 22.6 Å². The highest BCUT2D eigenvalue weighted by molar-refractivity contribution is 5.97. The second-order valence-electron chi connectivity index (χ2n) is 7.10. The Kier molecular flexibility index (Phi) is 5.30. The predicted octanol–water partition coefficient (Wildman–Crippen LogP) is 2.39. The van der Waals surface area contributed by atoms with Crippen molar-refractivity contribution in [2.75, 3.05) is 18.0 Å². The maximum absolute atomic E-state index is 13.8. The zero-order valence-corrected chi connectivity index (χ0v) is 16.5. The van der Waals surface area contributed by atoms with Crippen molar-refractivity contribution in [2.24, 2.45) is 7.05 Å². The van der Waals surface area contributed by atoms with Gasteiger partial charge < -0.3 is 4.90 Å². The third-order valence-electron chi connectivity index (χ3n) is 5.00. The van der Waals surface area contributed by atoms with Crippen molar-refractivity contribution in [3.8, 4) is 0 Å². The zero-order chi connectivity index (χ0) is 21.3. The summed E-state index contributed by atoms with van der Waals surface area (Å²) in [6, 6.07) is 3.33. The van der Waals surface area contributed by atoms with E-state index in [-0.39, 0.29) is 6.42 Å². The third-order valence-corrected chi connectivity index (χ3v) is 5.00. The number of carbonyl (C=O) groups excluding carboxylic acids is 1. The van der Waals surface area contributed by atoms with E-state index in [2.05, 4.69) is 25.4 Å². The summed E-state index contributed by atoms with van der Waals surface area (Å²) in [4.78, 5) is 24.4. The summed E-state index contributed by atoms with van der Waals surface area (Å²) in [5.74, 6) is -1.90. The molecule has 0 radical (unpaired) electrons. The van der Waals surface area contributed by atoms with Gasteiger partial charge >= 0.3 is 0 Å². The van der Waals surface area contributed by atoms with Gasteiger partial charge in [-0.05, 0) is 36.3 Å². The molecule has 0 fully saturated rings. The number of aromatic nitrogens is 6. The molecule has 0 aliphatic carbocycles. The van der Waals surface area contributed by atoms with Crippen molar-refractivity contribution >= 4 is 17.3 Å². The second-order valence-corrected chi connectivity index (χ2v) is 7.10.